The molecule has 0 saturated carbocycles. The summed E-state index contributed by atoms with van der Waals surface area (Å²) in [5.41, 5.74) is 2.67. The number of nitrogens with one attached hydrogen (secondary N) is 2. The summed E-state index contributed by atoms with van der Waals surface area (Å²) in [6, 6.07) is 16.5. The Hall–Kier alpha value is -2.69. The van der Waals surface area contributed by atoms with Crippen molar-refractivity contribution in [3.05, 3.63) is 78.1 Å². The van der Waals surface area contributed by atoms with Gasteiger partial charge in [-0.25, -0.2) is 4.68 Å². The van der Waals surface area contributed by atoms with Crippen molar-refractivity contribution in [2.45, 2.75) is 19.7 Å². The molecule has 1 aromatic heterocycles. The number of benzene rings is 2. The average molecular weight is 513 g/mol. The van der Waals surface area contributed by atoms with Gasteiger partial charge in [-0.1, -0.05) is 30.3 Å². The normalized spacial score (nSPS) is 11.1. The van der Waals surface area contributed by atoms with Crippen LogP contribution >= 0.6 is 24.0 Å². The maximum absolute atomic E-state index is 12.5. The largest absolute Gasteiger partial charge is 0.434 e. The lowest BCUT2D eigenvalue weighted by atomic mass is 10.2. The predicted octanol–water partition coefficient (Wildman–Crippen LogP) is 3.96. The van der Waals surface area contributed by atoms with Gasteiger partial charge in [-0.2, -0.15) is 13.9 Å². The smallest absolute Gasteiger partial charge is 0.387 e. The fourth-order valence-electron chi connectivity index (χ4n) is 2.63. The number of para-hydroxylation sites is 1. The predicted molar refractivity (Wildman–Crippen MR) is 119 cm³/mol. The molecule has 6 nitrogen and oxygen atoms in total. The van der Waals surface area contributed by atoms with Crippen LogP contribution in [0.25, 0.3) is 5.69 Å². The lowest BCUT2D eigenvalue weighted by molar-refractivity contribution is -0.0504. The maximum Gasteiger partial charge on any atom is 0.387 e. The molecule has 1 heterocycles. The third-order valence-corrected chi connectivity index (χ3v) is 4.02. The van der Waals surface area contributed by atoms with Gasteiger partial charge < -0.3 is 15.4 Å². The first-order chi connectivity index (χ1) is 13.7. The van der Waals surface area contributed by atoms with E-state index < -0.39 is 6.61 Å². The van der Waals surface area contributed by atoms with Gasteiger partial charge in [-0.05, 0) is 29.8 Å². The molecule has 2 N–H and O–H groups in total. The molecule has 2 aromatic carbocycles. The molecule has 0 saturated heterocycles. The fourth-order valence-corrected chi connectivity index (χ4v) is 2.63. The van der Waals surface area contributed by atoms with Crippen molar-refractivity contribution in [1.82, 2.24) is 20.4 Å². The van der Waals surface area contributed by atoms with Gasteiger partial charge in [0, 0.05) is 38.1 Å². The molecule has 0 amide bonds. The van der Waals surface area contributed by atoms with Crippen molar-refractivity contribution in [1.29, 1.82) is 0 Å². The van der Waals surface area contributed by atoms with Crippen LogP contribution in [-0.2, 0) is 13.1 Å². The Morgan fingerprint density at radius 2 is 1.79 bits per heavy atom. The van der Waals surface area contributed by atoms with Crippen LogP contribution in [0.4, 0.5) is 8.78 Å². The fraction of sp³-hybridized carbons (Fsp3) is 0.200. The highest BCUT2D eigenvalue weighted by molar-refractivity contribution is 14.0. The zero-order valence-electron chi connectivity index (χ0n) is 15.8. The minimum atomic E-state index is -2.86. The van der Waals surface area contributed by atoms with Gasteiger partial charge in [-0.3, -0.25) is 4.99 Å². The monoisotopic (exact) mass is 513 g/mol. The highest BCUT2D eigenvalue weighted by Crippen LogP contribution is 2.19. The summed E-state index contributed by atoms with van der Waals surface area (Å²) < 4.78 is 31.3. The molecule has 154 valence electrons. The number of hydrogen-bond acceptors (Lipinski definition) is 3. The van der Waals surface area contributed by atoms with Gasteiger partial charge in [0.05, 0.1) is 5.69 Å². The number of aromatic nitrogens is 2. The van der Waals surface area contributed by atoms with Crippen molar-refractivity contribution in [3.8, 4) is 11.4 Å². The Morgan fingerprint density at radius 3 is 2.45 bits per heavy atom. The summed E-state index contributed by atoms with van der Waals surface area (Å²) in [6.07, 6.45) is 3.62. The SMILES string of the molecule is CN=C(NCc1ccc(-n2cccn2)cc1)NCc1ccccc1OC(F)F.I. The summed E-state index contributed by atoms with van der Waals surface area (Å²) in [5, 5.41) is 10.5. The Kier molecular flexibility index (Phi) is 8.84. The number of nitrogens with zero attached hydrogens (tertiary/aromatic N) is 3. The first-order valence-electron chi connectivity index (χ1n) is 8.72. The summed E-state index contributed by atoms with van der Waals surface area (Å²) in [4.78, 5) is 4.16. The van der Waals surface area contributed by atoms with E-state index in [9.17, 15) is 8.78 Å². The number of guanidine groups is 1. The maximum atomic E-state index is 12.5. The van der Waals surface area contributed by atoms with Crippen LogP contribution in [0.2, 0.25) is 0 Å². The molecule has 3 aromatic rings. The van der Waals surface area contributed by atoms with Crippen LogP contribution in [-0.4, -0.2) is 29.4 Å². The number of aliphatic imine (C=N–C) groups is 1. The summed E-state index contributed by atoms with van der Waals surface area (Å²) in [5.74, 6) is 0.706. The van der Waals surface area contributed by atoms with Crippen LogP contribution in [0.1, 0.15) is 11.1 Å². The van der Waals surface area contributed by atoms with Gasteiger partial charge in [0.15, 0.2) is 5.96 Å². The van der Waals surface area contributed by atoms with Crippen LogP contribution in [0, 0.1) is 0 Å². The second-order valence-corrected chi connectivity index (χ2v) is 5.88. The topological polar surface area (TPSA) is 63.5 Å². The van der Waals surface area contributed by atoms with Crippen molar-refractivity contribution >= 4 is 29.9 Å². The van der Waals surface area contributed by atoms with Crippen molar-refractivity contribution in [2.24, 2.45) is 4.99 Å². The van der Waals surface area contributed by atoms with Crippen LogP contribution in [0.5, 0.6) is 5.75 Å². The lowest BCUT2D eigenvalue weighted by Crippen LogP contribution is -2.36. The molecule has 0 atom stereocenters. The van der Waals surface area contributed by atoms with Crippen molar-refractivity contribution in [3.63, 3.8) is 0 Å². The quantitative estimate of drug-likeness (QED) is 0.286. The number of rotatable bonds is 7. The van der Waals surface area contributed by atoms with Crippen LogP contribution in [0.15, 0.2) is 72.0 Å². The van der Waals surface area contributed by atoms with E-state index in [1.807, 2.05) is 36.5 Å². The van der Waals surface area contributed by atoms with Crippen LogP contribution in [0.3, 0.4) is 0 Å². The van der Waals surface area contributed by atoms with Crippen molar-refractivity contribution < 1.29 is 13.5 Å². The van der Waals surface area contributed by atoms with E-state index >= 15 is 0 Å². The van der Waals surface area contributed by atoms with E-state index in [4.69, 9.17) is 0 Å². The van der Waals surface area contributed by atoms with E-state index in [0.717, 1.165) is 11.3 Å². The zero-order chi connectivity index (χ0) is 19.8. The molecule has 29 heavy (non-hydrogen) atoms. The molecule has 0 unspecified atom stereocenters. The second-order valence-electron chi connectivity index (χ2n) is 5.88. The van der Waals surface area contributed by atoms with E-state index in [2.05, 4.69) is 25.5 Å². The first-order valence-corrected chi connectivity index (χ1v) is 8.72. The van der Waals surface area contributed by atoms with Crippen molar-refractivity contribution in [2.75, 3.05) is 7.05 Å². The Labute approximate surface area is 185 Å². The molecular formula is C20H22F2IN5O. The van der Waals surface area contributed by atoms with Gasteiger partial charge >= 0.3 is 6.61 Å². The summed E-state index contributed by atoms with van der Waals surface area (Å²) in [6.45, 7) is -1.99. The van der Waals surface area contributed by atoms with Gasteiger partial charge in [0.1, 0.15) is 5.75 Å². The van der Waals surface area contributed by atoms with Gasteiger partial charge in [0.25, 0.3) is 0 Å². The lowest BCUT2D eigenvalue weighted by Gasteiger charge is -2.14. The molecule has 0 spiro atoms. The molecule has 0 aliphatic heterocycles. The molecule has 0 aliphatic carbocycles. The third-order valence-electron chi connectivity index (χ3n) is 4.02. The highest BCUT2D eigenvalue weighted by atomic mass is 127. The molecule has 9 heteroatoms. The third kappa shape index (κ3) is 6.70. The number of alkyl halides is 2. The van der Waals surface area contributed by atoms with E-state index in [1.165, 1.54) is 6.07 Å². The second kappa shape index (κ2) is 11.3. The van der Waals surface area contributed by atoms with Gasteiger partial charge in [-0.15, -0.1) is 24.0 Å². The molecule has 3 rings (SSSR count). The zero-order valence-corrected chi connectivity index (χ0v) is 18.1. The minimum absolute atomic E-state index is 0. The highest BCUT2D eigenvalue weighted by Gasteiger charge is 2.09. The molecule has 0 aliphatic rings. The molecule has 0 bridgehead atoms. The minimum Gasteiger partial charge on any atom is -0.434 e. The number of ether oxygens (including phenoxy) is 1. The molecule has 0 fully saturated rings. The molecule has 0 radical (unpaired) electrons. The molecular weight excluding hydrogens is 491 g/mol. The van der Waals surface area contributed by atoms with Gasteiger partial charge in [0.2, 0.25) is 0 Å². The van der Waals surface area contributed by atoms with E-state index in [0.29, 0.717) is 24.6 Å². The average Bonchev–Trinajstić information content (AvgIpc) is 3.24. The summed E-state index contributed by atoms with van der Waals surface area (Å²) in [7, 11) is 1.65. The van der Waals surface area contributed by atoms with Crippen LogP contribution < -0.4 is 15.4 Å². The first kappa shape index (κ1) is 22.6. The Morgan fingerprint density at radius 1 is 1.07 bits per heavy atom. The Bertz CT molecular complexity index is 901. The van der Waals surface area contributed by atoms with E-state index in [1.54, 1.807) is 36.1 Å². The standard InChI is InChI=1S/C20H21F2N5O.HI/c1-23-20(25-14-16-5-2-3-6-18(16)28-19(21)22)24-13-15-7-9-17(10-8-15)27-12-4-11-26-27;/h2-12,19H,13-14H2,1H3,(H2,23,24,25);1H. The number of halogens is 3. The number of hydrogen-bond donors (Lipinski definition) is 2. The van der Waals surface area contributed by atoms with E-state index in [-0.39, 0.29) is 29.7 Å². The Balaban J connectivity index is 0.00000300. The summed E-state index contributed by atoms with van der Waals surface area (Å²) >= 11 is 0.